The fraction of sp³-hybridized carbons (Fsp3) is 0.200. The standard InChI is InChI=1S/C20H19BrN2O2/c21-16-5-3-15(4-6-16)19(24)11-12-20(25)22-17-7-9-18(10-8-17)23-13-1-2-14-23/h3-12H,1-2,13-14H2,(H,22,25)/b12-11+. The van der Waals surface area contributed by atoms with Gasteiger partial charge in [-0.3, -0.25) is 9.59 Å². The van der Waals surface area contributed by atoms with Gasteiger partial charge in [0.25, 0.3) is 0 Å². The van der Waals surface area contributed by atoms with Crippen molar-refractivity contribution in [1.29, 1.82) is 0 Å². The summed E-state index contributed by atoms with van der Waals surface area (Å²) in [4.78, 5) is 26.3. The second kappa shape index (κ2) is 8.12. The van der Waals surface area contributed by atoms with Crippen molar-refractivity contribution in [2.45, 2.75) is 12.8 Å². The number of allylic oxidation sites excluding steroid dienone is 1. The minimum absolute atomic E-state index is 0.202. The average molecular weight is 399 g/mol. The van der Waals surface area contributed by atoms with Crippen molar-refractivity contribution in [3.05, 3.63) is 70.7 Å². The van der Waals surface area contributed by atoms with E-state index in [-0.39, 0.29) is 11.7 Å². The number of hydrogen-bond acceptors (Lipinski definition) is 3. The van der Waals surface area contributed by atoms with Crippen LogP contribution in [0.2, 0.25) is 0 Å². The second-order valence-corrected chi connectivity index (χ2v) is 6.85. The molecule has 4 nitrogen and oxygen atoms in total. The predicted molar refractivity (Wildman–Crippen MR) is 104 cm³/mol. The summed E-state index contributed by atoms with van der Waals surface area (Å²) in [6.07, 6.45) is 5.02. The average Bonchev–Trinajstić information content (AvgIpc) is 3.15. The van der Waals surface area contributed by atoms with Crippen molar-refractivity contribution in [3.8, 4) is 0 Å². The molecule has 1 aliphatic heterocycles. The Morgan fingerprint density at radius 3 is 2.20 bits per heavy atom. The summed E-state index contributed by atoms with van der Waals surface area (Å²) in [6, 6.07) is 14.8. The number of hydrogen-bond donors (Lipinski definition) is 1. The first-order valence-electron chi connectivity index (χ1n) is 8.26. The Morgan fingerprint density at radius 1 is 0.920 bits per heavy atom. The lowest BCUT2D eigenvalue weighted by Crippen LogP contribution is -2.17. The van der Waals surface area contributed by atoms with Gasteiger partial charge >= 0.3 is 0 Å². The topological polar surface area (TPSA) is 49.4 Å². The first kappa shape index (κ1) is 17.4. The number of nitrogens with zero attached hydrogens (tertiary/aromatic N) is 1. The summed E-state index contributed by atoms with van der Waals surface area (Å²) in [6.45, 7) is 2.18. The van der Waals surface area contributed by atoms with E-state index in [2.05, 4.69) is 26.1 Å². The fourth-order valence-electron chi connectivity index (χ4n) is 2.78. The molecule has 1 saturated heterocycles. The van der Waals surface area contributed by atoms with Gasteiger partial charge in [-0.2, -0.15) is 0 Å². The molecule has 0 bridgehead atoms. The number of carbonyl (C=O) groups excluding carboxylic acids is 2. The van der Waals surface area contributed by atoms with Crippen molar-refractivity contribution in [3.63, 3.8) is 0 Å². The molecule has 0 radical (unpaired) electrons. The molecule has 2 aromatic rings. The molecule has 0 spiro atoms. The molecule has 2 aromatic carbocycles. The third kappa shape index (κ3) is 4.79. The Bertz CT molecular complexity index is 776. The molecule has 1 N–H and O–H groups in total. The molecule has 25 heavy (non-hydrogen) atoms. The van der Waals surface area contributed by atoms with Gasteiger partial charge in [0.15, 0.2) is 5.78 Å². The van der Waals surface area contributed by atoms with E-state index in [1.165, 1.54) is 30.7 Å². The number of anilines is 2. The highest BCUT2D eigenvalue weighted by molar-refractivity contribution is 9.10. The van der Waals surface area contributed by atoms with Gasteiger partial charge in [0.05, 0.1) is 0 Å². The van der Waals surface area contributed by atoms with Crippen LogP contribution in [0.4, 0.5) is 11.4 Å². The van der Waals surface area contributed by atoms with Gasteiger partial charge in [0.1, 0.15) is 0 Å². The van der Waals surface area contributed by atoms with Crippen LogP contribution in [-0.4, -0.2) is 24.8 Å². The van der Waals surface area contributed by atoms with Crippen LogP contribution in [-0.2, 0) is 4.79 Å². The van der Waals surface area contributed by atoms with Gasteiger partial charge in [0, 0.05) is 40.6 Å². The Balaban J connectivity index is 1.56. The molecule has 1 amide bonds. The summed E-state index contributed by atoms with van der Waals surface area (Å²) in [5.74, 6) is -0.522. The van der Waals surface area contributed by atoms with Crippen LogP contribution in [0.3, 0.4) is 0 Å². The normalized spacial score (nSPS) is 14.0. The van der Waals surface area contributed by atoms with Crippen molar-refractivity contribution >= 4 is 39.0 Å². The largest absolute Gasteiger partial charge is 0.372 e. The van der Waals surface area contributed by atoms with E-state index in [1.807, 2.05) is 24.3 Å². The molecule has 1 aliphatic rings. The van der Waals surface area contributed by atoms with Crippen LogP contribution in [0.25, 0.3) is 0 Å². The highest BCUT2D eigenvalue weighted by Gasteiger charge is 2.11. The molecule has 0 saturated carbocycles. The van der Waals surface area contributed by atoms with Crippen LogP contribution in [0, 0.1) is 0 Å². The maximum Gasteiger partial charge on any atom is 0.248 e. The summed E-state index contributed by atoms with van der Waals surface area (Å²) in [7, 11) is 0. The van der Waals surface area contributed by atoms with Gasteiger partial charge in [-0.25, -0.2) is 0 Å². The lowest BCUT2D eigenvalue weighted by atomic mass is 10.1. The number of ketones is 1. The van der Waals surface area contributed by atoms with Crippen molar-refractivity contribution in [2.75, 3.05) is 23.3 Å². The summed E-state index contributed by atoms with van der Waals surface area (Å²) < 4.78 is 0.906. The fourth-order valence-corrected chi connectivity index (χ4v) is 3.04. The molecule has 0 aliphatic carbocycles. The zero-order chi connectivity index (χ0) is 17.6. The molecule has 0 aromatic heterocycles. The third-order valence-electron chi connectivity index (χ3n) is 4.12. The molecule has 128 valence electrons. The smallest absolute Gasteiger partial charge is 0.248 e. The molecule has 5 heteroatoms. The van der Waals surface area contributed by atoms with Crippen LogP contribution >= 0.6 is 15.9 Å². The Kier molecular flexibility index (Phi) is 5.66. The molecule has 0 unspecified atom stereocenters. The zero-order valence-corrected chi connectivity index (χ0v) is 15.3. The number of carbonyl (C=O) groups is 2. The minimum atomic E-state index is -0.320. The van der Waals surface area contributed by atoms with Gasteiger partial charge in [-0.1, -0.05) is 15.9 Å². The summed E-state index contributed by atoms with van der Waals surface area (Å²) >= 11 is 3.32. The van der Waals surface area contributed by atoms with E-state index in [0.29, 0.717) is 11.3 Å². The lowest BCUT2D eigenvalue weighted by molar-refractivity contribution is -0.111. The molecule has 1 heterocycles. The predicted octanol–water partition coefficient (Wildman–Crippen LogP) is 4.43. The lowest BCUT2D eigenvalue weighted by Gasteiger charge is -2.17. The van der Waals surface area contributed by atoms with E-state index in [0.717, 1.165) is 17.6 Å². The maximum atomic E-state index is 12.0. The Hall–Kier alpha value is -2.40. The highest BCUT2D eigenvalue weighted by Crippen LogP contribution is 2.22. The van der Waals surface area contributed by atoms with E-state index < -0.39 is 0 Å². The molecular weight excluding hydrogens is 380 g/mol. The molecule has 1 fully saturated rings. The van der Waals surface area contributed by atoms with E-state index in [4.69, 9.17) is 0 Å². The zero-order valence-electron chi connectivity index (χ0n) is 13.7. The molecule has 3 rings (SSSR count). The Morgan fingerprint density at radius 2 is 1.56 bits per heavy atom. The Labute approximate surface area is 155 Å². The van der Waals surface area contributed by atoms with Crippen LogP contribution in [0.15, 0.2) is 65.2 Å². The second-order valence-electron chi connectivity index (χ2n) is 5.93. The van der Waals surface area contributed by atoms with Gasteiger partial charge < -0.3 is 10.2 Å². The SMILES string of the molecule is O=C(/C=C/C(=O)c1ccc(Br)cc1)Nc1ccc(N2CCCC2)cc1. The minimum Gasteiger partial charge on any atom is -0.372 e. The quantitative estimate of drug-likeness (QED) is 0.598. The number of rotatable bonds is 5. The maximum absolute atomic E-state index is 12.0. The summed E-state index contributed by atoms with van der Waals surface area (Å²) in [5, 5.41) is 2.77. The number of benzene rings is 2. The molecule has 0 atom stereocenters. The van der Waals surface area contributed by atoms with E-state index in [9.17, 15) is 9.59 Å². The van der Waals surface area contributed by atoms with Crippen molar-refractivity contribution in [1.82, 2.24) is 0 Å². The number of nitrogens with one attached hydrogen (secondary N) is 1. The highest BCUT2D eigenvalue weighted by atomic mass is 79.9. The first-order chi connectivity index (χ1) is 12.1. The monoisotopic (exact) mass is 398 g/mol. The van der Waals surface area contributed by atoms with Gasteiger partial charge in [0.2, 0.25) is 5.91 Å². The van der Waals surface area contributed by atoms with Gasteiger partial charge in [-0.05, 0) is 67.4 Å². The third-order valence-corrected chi connectivity index (χ3v) is 4.65. The molecular formula is C20H19BrN2O2. The van der Waals surface area contributed by atoms with E-state index >= 15 is 0 Å². The van der Waals surface area contributed by atoms with Crippen LogP contribution in [0.5, 0.6) is 0 Å². The van der Waals surface area contributed by atoms with Crippen molar-refractivity contribution < 1.29 is 9.59 Å². The van der Waals surface area contributed by atoms with Gasteiger partial charge in [-0.15, -0.1) is 0 Å². The van der Waals surface area contributed by atoms with Crippen LogP contribution in [0.1, 0.15) is 23.2 Å². The van der Waals surface area contributed by atoms with E-state index in [1.54, 1.807) is 24.3 Å². The first-order valence-corrected chi connectivity index (χ1v) is 9.05. The summed E-state index contributed by atoms with van der Waals surface area (Å²) in [5.41, 5.74) is 2.44. The van der Waals surface area contributed by atoms with Crippen LogP contribution < -0.4 is 10.2 Å². The van der Waals surface area contributed by atoms with Crippen molar-refractivity contribution in [2.24, 2.45) is 0 Å². The number of halogens is 1. The number of amides is 1.